The van der Waals surface area contributed by atoms with Crippen LogP contribution >= 0.6 is 22.6 Å². The van der Waals surface area contributed by atoms with Gasteiger partial charge in [0.25, 0.3) is 0 Å². The fourth-order valence-corrected chi connectivity index (χ4v) is 3.91. The van der Waals surface area contributed by atoms with Crippen molar-refractivity contribution in [3.63, 3.8) is 0 Å². The van der Waals surface area contributed by atoms with E-state index >= 15 is 0 Å². The van der Waals surface area contributed by atoms with Crippen LogP contribution in [0, 0.1) is 17.8 Å². The van der Waals surface area contributed by atoms with Gasteiger partial charge in [-0.1, -0.05) is 48.3 Å². The van der Waals surface area contributed by atoms with Crippen molar-refractivity contribution < 1.29 is 0 Å². The predicted molar refractivity (Wildman–Crippen MR) is 61.7 cm³/mol. The molecule has 70 valence electrons. The van der Waals surface area contributed by atoms with Crippen molar-refractivity contribution in [2.75, 3.05) is 4.43 Å². The molecule has 0 radical (unpaired) electrons. The van der Waals surface area contributed by atoms with Gasteiger partial charge in [-0.05, 0) is 37.0 Å². The molecule has 0 nitrogen and oxygen atoms in total. The molecule has 2 saturated carbocycles. The molecule has 0 N–H and O–H groups in total. The van der Waals surface area contributed by atoms with Gasteiger partial charge < -0.3 is 0 Å². The molecule has 0 bridgehead atoms. The highest BCUT2D eigenvalue weighted by Crippen LogP contribution is 2.42. The molecule has 2 aliphatic carbocycles. The van der Waals surface area contributed by atoms with Gasteiger partial charge in [0.05, 0.1) is 0 Å². The van der Waals surface area contributed by atoms with Crippen LogP contribution in [0.5, 0.6) is 0 Å². The lowest BCUT2D eigenvalue weighted by Crippen LogP contribution is -2.28. The summed E-state index contributed by atoms with van der Waals surface area (Å²) in [6.07, 6.45) is 10.8. The number of halogens is 1. The second-order valence-corrected chi connectivity index (χ2v) is 5.52. The Morgan fingerprint density at radius 1 is 0.917 bits per heavy atom. The largest absolute Gasteiger partial charge is 0.0861 e. The number of rotatable bonds is 1. The summed E-state index contributed by atoms with van der Waals surface area (Å²) in [5, 5.41) is 0. The number of fused-ring (bicyclic) bond motifs is 1. The first-order valence-electron chi connectivity index (χ1n) is 5.46. The summed E-state index contributed by atoms with van der Waals surface area (Å²) in [6, 6.07) is 0. The average molecular weight is 278 g/mol. The SMILES string of the molecule is IC[C@H]1CC[C@@H]2CCCC[C@H]2C1. The van der Waals surface area contributed by atoms with Crippen LogP contribution in [-0.2, 0) is 0 Å². The predicted octanol–water partition coefficient (Wildman–Crippen LogP) is 4.03. The third kappa shape index (κ3) is 1.97. The summed E-state index contributed by atoms with van der Waals surface area (Å²) in [5.41, 5.74) is 0. The van der Waals surface area contributed by atoms with Crippen LogP contribution < -0.4 is 0 Å². The van der Waals surface area contributed by atoms with Crippen molar-refractivity contribution in [3.8, 4) is 0 Å². The lowest BCUT2D eigenvalue weighted by Gasteiger charge is -2.38. The molecule has 2 aliphatic rings. The second kappa shape index (κ2) is 4.30. The molecule has 12 heavy (non-hydrogen) atoms. The molecule has 0 aromatic carbocycles. The molecule has 2 rings (SSSR count). The summed E-state index contributed by atoms with van der Waals surface area (Å²) in [5.74, 6) is 3.34. The average Bonchev–Trinajstić information content (AvgIpc) is 2.17. The minimum Gasteiger partial charge on any atom is -0.0861 e. The van der Waals surface area contributed by atoms with Crippen LogP contribution in [0.3, 0.4) is 0 Å². The zero-order chi connectivity index (χ0) is 8.39. The van der Waals surface area contributed by atoms with Gasteiger partial charge in [-0.2, -0.15) is 0 Å². The minimum atomic E-state index is 1.07. The van der Waals surface area contributed by atoms with E-state index in [4.69, 9.17) is 0 Å². The molecule has 1 heteroatoms. The first kappa shape index (κ1) is 9.29. The Labute approximate surface area is 89.6 Å². The normalized spacial score (nSPS) is 42.2. The second-order valence-electron chi connectivity index (χ2n) is 4.64. The van der Waals surface area contributed by atoms with Crippen molar-refractivity contribution in [2.24, 2.45) is 17.8 Å². The van der Waals surface area contributed by atoms with Gasteiger partial charge in [0.1, 0.15) is 0 Å². The molecule has 0 heterocycles. The smallest absolute Gasteiger partial charge is 0.00238 e. The summed E-state index contributed by atoms with van der Waals surface area (Å²) >= 11 is 2.57. The molecule has 0 amide bonds. The van der Waals surface area contributed by atoms with Crippen molar-refractivity contribution in [1.82, 2.24) is 0 Å². The Hall–Kier alpha value is 0.730. The fourth-order valence-electron chi connectivity index (χ4n) is 3.11. The highest BCUT2D eigenvalue weighted by molar-refractivity contribution is 14.1. The first-order valence-corrected chi connectivity index (χ1v) is 6.98. The van der Waals surface area contributed by atoms with Gasteiger partial charge in [-0.15, -0.1) is 0 Å². The molecule has 0 aromatic rings. The topological polar surface area (TPSA) is 0 Å². The lowest BCUT2D eigenvalue weighted by molar-refractivity contribution is 0.140. The maximum Gasteiger partial charge on any atom is 0.00238 e. The standard InChI is InChI=1S/C11H19I/c12-8-9-5-6-10-3-1-2-4-11(10)7-9/h9-11H,1-8H2/t9-,10-,11-/m0/s1. The van der Waals surface area contributed by atoms with Crippen LogP contribution in [0.25, 0.3) is 0 Å². The molecule has 3 atom stereocenters. The van der Waals surface area contributed by atoms with E-state index < -0.39 is 0 Å². The molecule has 0 aliphatic heterocycles. The number of hydrogen-bond acceptors (Lipinski definition) is 0. The summed E-state index contributed by atoms with van der Waals surface area (Å²) in [4.78, 5) is 0. The zero-order valence-corrected chi connectivity index (χ0v) is 9.92. The van der Waals surface area contributed by atoms with E-state index in [0.717, 1.165) is 17.8 Å². The molecule has 0 aromatic heterocycles. The van der Waals surface area contributed by atoms with Crippen LogP contribution in [0.1, 0.15) is 44.9 Å². The van der Waals surface area contributed by atoms with Gasteiger partial charge in [0, 0.05) is 4.43 Å². The quantitative estimate of drug-likeness (QED) is 0.502. The Balaban J connectivity index is 1.90. The Morgan fingerprint density at radius 2 is 1.67 bits per heavy atom. The van der Waals surface area contributed by atoms with Gasteiger partial charge in [0.15, 0.2) is 0 Å². The summed E-state index contributed by atoms with van der Waals surface area (Å²) in [6.45, 7) is 0. The van der Waals surface area contributed by atoms with Gasteiger partial charge in [-0.3, -0.25) is 0 Å². The van der Waals surface area contributed by atoms with Gasteiger partial charge in [-0.25, -0.2) is 0 Å². The molecule has 0 saturated heterocycles. The first-order chi connectivity index (χ1) is 5.90. The summed E-state index contributed by atoms with van der Waals surface area (Å²) < 4.78 is 1.40. The van der Waals surface area contributed by atoms with E-state index in [-0.39, 0.29) is 0 Å². The van der Waals surface area contributed by atoms with E-state index in [9.17, 15) is 0 Å². The Kier molecular flexibility index (Phi) is 3.33. The highest BCUT2D eigenvalue weighted by Gasteiger charge is 2.31. The van der Waals surface area contributed by atoms with Gasteiger partial charge in [0.2, 0.25) is 0 Å². The third-order valence-corrected chi connectivity index (χ3v) is 5.11. The van der Waals surface area contributed by atoms with Crippen molar-refractivity contribution in [3.05, 3.63) is 0 Å². The Bertz CT molecular complexity index is 144. The van der Waals surface area contributed by atoms with Crippen LogP contribution in [0.2, 0.25) is 0 Å². The maximum atomic E-state index is 2.57. The fraction of sp³-hybridized carbons (Fsp3) is 1.00. The molecular weight excluding hydrogens is 259 g/mol. The van der Waals surface area contributed by atoms with Crippen molar-refractivity contribution in [1.29, 1.82) is 0 Å². The van der Waals surface area contributed by atoms with Crippen LogP contribution in [-0.4, -0.2) is 4.43 Å². The van der Waals surface area contributed by atoms with Gasteiger partial charge >= 0.3 is 0 Å². The van der Waals surface area contributed by atoms with E-state index in [2.05, 4.69) is 22.6 Å². The number of hydrogen-bond donors (Lipinski definition) is 0. The van der Waals surface area contributed by atoms with Crippen molar-refractivity contribution >= 4 is 22.6 Å². The lowest BCUT2D eigenvalue weighted by atomic mass is 9.68. The molecule has 0 unspecified atom stereocenters. The monoisotopic (exact) mass is 278 g/mol. The maximum absolute atomic E-state index is 2.57. The Morgan fingerprint density at radius 3 is 2.42 bits per heavy atom. The van der Waals surface area contributed by atoms with E-state index in [1.807, 2.05) is 0 Å². The van der Waals surface area contributed by atoms with Crippen LogP contribution in [0.4, 0.5) is 0 Å². The minimum absolute atomic E-state index is 1.07. The molecule has 0 spiro atoms. The van der Waals surface area contributed by atoms with E-state index in [1.165, 1.54) is 23.7 Å². The highest BCUT2D eigenvalue weighted by atomic mass is 127. The zero-order valence-electron chi connectivity index (χ0n) is 7.77. The molecule has 2 fully saturated rings. The third-order valence-electron chi connectivity index (χ3n) is 3.87. The van der Waals surface area contributed by atoms with Crippen LogP contribution in [0.15, 0.2) is 0 Å². The number of alkyl halides is 1. The summed E-state index contributed by atoms with van der Waals surface area (Å²) in [7, 11) is 0. The van der Waals surface area contributed by atoms with E-state index in [0.29, 0.717) is 0 Å². The molecular formula is C11H19I. The van der Waals surface area contributed by atoms with E-state index in [1.54, 1.807) is 25.7 Å². The van der Waals surface area contributed by atoms with Crippen molar-refractivity contribution in [2.45, 2.75) is 44.9 Å².